The summed E-state index contributed by atoms with van der Waals surface area (Å²) in [7, 11) is 0. The quantitative estimate of drug-likeness (QED) is 0.191. The molecule has 0 aliphatic heterocycles. The van der Waals surface area contributed by atoms with Crippen LogP contribution in [-0.4, -0.2) is 36.3 Å². The van der Waals surface area contributed by atoms with E-state index in [4.69, 9.17) is 31.1 Å². The lowest BCUT2D eigenvalue weighted by molar-refractivity contribution is 0.0947. The topological polar surface area (TPSA) is 79.3 Å². The first kappa shape index (κ1) is 30.6. The van der Waals surface area contributed by atoms with Crippen molar-refractivity contribution in [3.63, 3.8) is 0 Å². The first-order chi connectivity index (χ1) is 17.6. The molecule has 37 heavy (non-hydrogen) atoms. The monoisotopic (exact) mass is 526 g/mol. The highest BCUT2D eigenvalue weighted by Gasteiger charge is 2.51. The zero-order valence-corrected chi connectivity index (χ0v) is 24.3. The Balaban J connectivity index is 2.37. The summed E-state index contributed by atoms with van der Waals surface area (Å²) >= 11 is 6.47. The number of benzene rings is 1. The molecule has 2 rings (SSSR count). The van der Waals surface area contributed by atoms with Crippen LogP contribution in [0.1, 0.15) is 86.1 Å². The summed E-state index contributed by atoms with van der Waals surface area (Å²) < 4.78 is 12.5. The number of hydrogen-bond donors (Lipinski definition) is 0. The summed E-state index contributed by atoms with van der Waals surface area (Å²) in [6.07, 6.45) is 6.60. The zero-order valence-electron chi connectivity index (χ0n) is 23.6. The van der Waals surface area contributed by atoms with Crippen molar-refractivity contribution < 1.29 is 9.47 Å². The van der Waals surface area contributed by atoms with Gasteiger partial charge in [0.25, 0.3) is 0 Å². The minimum Gasteiger partial charge on any atom is -0.479 e. The predicted octanol–water partition coefficient (Wildman–Crippen LogP) is 8.32. The van der Waals surface area contributed by atoms with Gasteiger partial charge in [0.1, 0.15) is 6.10 Å². The molecule has 0 radical (unpaired) electrons. The van der Waals surface area contributed by atoms with Crippen molar-refractivity contribution in [1.29, 1.82) is 5.26 Å². The molecule has 1 aliphatic rings. The van der Waals surface area contributed by atoms with Gasteiger partial charge in [0.05, 0.1) is 40.9 Å². The minimum atomic E-state index is -0.177. The van der Waals surface area contributed by atoms with Gasteiger partial charge in [-0.25, -0.2) is 4.99 Å². The molecule has 7 heteroatoms. The third-order valence-corrected chi connectivity index (χ3v) is 7.19. The normalized spacial score (nSPS) is 18.1. The van der Waals surface area contributed by atoms with E-state index in [1.807, 2.05) is 20.8 Å². The lowest BCUT2D eigenvalue weighted by atomic mass is 9.91. The van der Waals surface area contributed by atoms with Crippen molar-refractivity contribution >= 4 is 34.8 Å². The second-order valence-electron chi connectivity index (χ2n) is 10.3. The third-order valence-electron chi connectivity index (χ3n) is 6.89. The van der Waals surface area contributed by atoms with Gasteiger partial charge in [0.15, 0.2) is 11.8 Å². The molecule has 0 bridgehead atoms. The average molecular weight is 527 g/mol. The maximum absolute atomic E-state index is 9.19. The van der Waals surface area contributed by atoms with Crippen LogP contribution in [0.25, 0.3) is 0 Å². The van der Waals surface area contributed by atoms with E-state index in [1.165, 1.54) is 6.20 Å². The predicted molar refractivity (Wildman–Crippen MR) is 155 cm³/mol. The van der Waals surface area contributed by atoms with Gasteiger partial charge in [-0.2, -0.15) is 5.26 Å². The summed E-state index contributed by atoms with van der Waals surface area (Å²) in [6, 6.07) is 7.29. The molecule has 3 unspecified atom stereocenters. The van der Waals surface area contributed by atoms with E-state index in [0.717, 1.165) is 43.7 Å². The number of nitrogens with zero attached hydrogens (tertiary/aromatic N) is 4. The smallest absolute Gasteiger partial charge is 0.196 e. The largest absolute Gasteiger partial charge is 0.479 e. The van der Waals surface area contributed by atoms with E-state index in [-0.39, 0.29) is 29.5 Å². The third kappa shape index (κ3) is 8.71. The Bertz CT molecular complexity index is 1050. The second-order valence-corrected chi connectivity index (χ2v) is 10.7. The molecule has 3 atom stereocenters. The number of hydrogen-bond acceptors (Lipinski definition) is 6. The maximum atomic E-state index is 9.19. The summed E-state index contributed by atoms with van der Waals surface area (Å²) in [5, 5.41) is 9.64. The Labute approximate surface area is 228 Å². The molecule has 1 aromatic rings. The molecule has 6 nitrogen and oxygen atoms in total. The molecule has 0 heterocycles. The first-order valence-electron chi connectivity index (χ1n) is 13.4. The van der Waals surface area contributed by atoms with E-state index in [0.29, 0.717) is 28.7 Å². The van der Waals surface area contributed by atoms with Gasteiger partial charge >= 0.3 is 0 Å². The second kappa shape index (κ2) is 14.3. The molecule has 0 N–H and O–H groups in total. The molecule has 1 aromatic carbocycles. The van der Waals surface area contributed by atoms with Crippen LogP contribution in [-0.2, 0) is 9.47 Å². The molecule has 1 saturated carbocycles. The SMILES string of the molecule is C=CN=C(OC(CCC)C1(CN=C(C)OC(C)C)CC1)C(C)C(=Nc1ccc(C#N)cc1Cl)C(C)CC. The van der Waals surface area contributed by atoms with Gasteiger partial charge in [-0.05, 0) is 70.6 Å². The molecule has 202 valence electrons. The number of halogens is 1. The molecule has 1 fully saturated rings. The number of nitriles is 1. The molecular weight excluding hydrogens is 484 g/mol. The van der Waals surface area contributed by atoms with Crippen molar-refractivity contribution in [2.45, 2.75) is 92.8 Å². The zero-order chi connectivity index (χ0) is 27.6. The van der Waals surface area contributed by atoms with Crippen LogP contribution in [0, 0.1) is 28.6 Å². The Morgan fingerprint density at radius 3 is 2.43 bits per heavy atom. The summed E-state index contributed by atoms with van der Waals surface area (Å²) in [5.41, 5.74) is 2.07. The van der Waals surface area contributed by atoms with E-state index in [2.05, 4.69) is 45.3 Å². The molecular formula is C30H43ClN4O2. The van der Waals surface area contributed by atoms with Crippen LogP contribution in [0.2, 0.25) is 5.02 Å². The van der Waals surface area contributed by atoms with Crippen molar-refractivity contribution in [3.8, 4) is 6.07 Å². The van der Waals surface area contributed by atoms with Crippen molar-refractivity contribution in [3.05, 3.63) is 41.6 Å². The number of rotatable bonds is 13. The molecule has 0 saturated heterocycles. The highest BCUT2D eigenvalue weighted by atomic mass is 35.5. The first-order valence-corrected chi connectivity index (χ1v) is 13.8. The van der Waals surface area contributed by atoms with Gasteiger partial charge in [0.2, 0.25) is 0 Å². The van der Waals surface area contributed by atoms with Crippen LogP contribution < -0.4 is 0 Å². The van der Waals surface area contributed by atoms with Gasteiger partial charge in [0, 0.05) is 24.3 Å². The van der Waals surface area contributed by atoms with Crippen LogP contribution in [0.4, 0.5) is 5.69 Å². The molecule has 0 spiro atoms. The highest BCUT2D eigenvalue weighted by molar-refractivity contribution is 6.33. The lowest BCUT2D eigenvalue weighted by Crippen LogP contribution is -2.36. The van der Waals surface area contributed by atoms with Gasteiger partial charge in [-0.1, -0.05) is 45.4 Å². The highest BCUT2D eigenvalue weighted by Crippen LogP contribution is 2.52. The maximum Gasteiger partial charge on any atom is 0.196 e. The standard InChI is InChI=1S/C30H43ClN4O2/c1-9-12-27(30(15-16-30)19-34-23(8)36-20(4)5)37-29(33-11-3)22(7)28(21(6)10-2)35-26-14-13-24(18-32)17-25(26)31/h11,13-14,17,20-22,27H,3,9-10,12,15-16,19H2,1-2,4-8H3. The van der Waals surface area contributed by atoms with E-state index < -0.39 is 0 Å². The number of aliphatic imine (C=N–C) groups is 3. The average Bonchev–Trinajstić information content (AvgIpc) is 3.66. The van der Waals surface area contributed by atoms with Crippen LogP contribution in [0.15, 0.2) is 46.0 Å². The Hall–Kier alpha value is -2.65. The molecule has 1 aliphatic carbocycles. The number of ether oxygens (including phenoxy) is 2. The Kier molecular flexibility index (Phi) is 11.8. The Morgan fingerprint density at radius 1 is 1.22 bits per heavy atom. The van der Waals surface area contributed by atoms with Crippen LogP contribution in [0.3, 0.4) is 0 Å². The van der Waals surface area contributed by atoms with Gasteiger partial charge < -0.3 is 9.47 Å². The van der Waals surface area contributed by atoms with E-state index >= 15 is 0 Å². The molecule has 0 aromatic heterocycles. The lowest BCUT2D eigenvalue weighted by Gasteiger charge is -2.30. The minimum absolute atomic E-state index is 0.00840. The van der Waals surface area contributed by atoms with Crippen molar-refractivity contribution in [2.75, 3.05) is 6.54 Å². The molecule has 0 amide bonds. The van der Waals surface area contributed by atoms with Gasteiger partial charge in [-0.15, -0.1) is 0 Å². The fraction of sp³-hybridized carbons (Fsp3) is 0.600. The van der Waals surface area contributed by atoms with Gasteiger partial charge in [-0.3, -0.25) is 9.98 Å². The summed E-state index contributed by atoms with van der Waals surface area (Å²) in [4.78, 5) is 14.3. The fourth-order valence-corrected chi connectivity index (χ4v) is 4.62. The Morgan fingerprint density at radius 2 is 1.92 bits per heavy atom. The summed E-state index contributed by atoms with van der Waals surface area (Å²) in [5.74, 6) is 1.34. The van der Waals surface area contributed by atoms with E-state index in [1.54, 1.807) is 18.2 Å². The van der Waals surface area contributed by atoms with E-state index in [9.17, 15) is 5.26 Å². The summed E-state index contributed by atoms with van der Waals surface area (Å²) in [6.45, 7) is 19.0. The fourth-order valence-electron chi connectivity index (χ4n) is 4.40. The van der Waals surface area contributed by atoms with Crippen molar-refractivity contribution in [2.24, 2.45) is 32.2 Å². The van der Waals surface area contributed by atoms with Crippen LogP contribution >= 0.6 is 11.6 Å². The van der Waals surface area contributed by atoms with Crippen molar-refractivity contribution in [1.82, 2.24) is 0 Å². The van der Waals surface area contributed by atoms with Crippen LogP contribution in [0.5, 0.6) is 0 Å².